The summed E-state index contributed by atoms with van der Waals surface area (Å²) >= 11 is 1.90. The van der Waals surface area contributed by atoms with E-state index in [4.69, 9.17) is 0 Å². The highest BCUT2D eigenvalue weighted by molar-refractivity contribution is 7.26. The number of hydrogen-bond acceptors (Lipinski definition) is 2. The second-order valence-electron chi connectivity index (χ2n) is 11.3. The van der Waals surface area contributed by atoms with Gasteiger partial charge in [-0.1, -0.05) is 127 Å². The van der Waals surface area contributed by atoms with Gasteiger partial charge in [-0.2, -0.15) is 0 Å². The highest BCUT2D eigenvalue weighted by Gasteiger charge is 2.26. The van der Waals surface area contributed by atoms with Crippen molar-refractivity contribution in [1.82, 2.24) is 0 Å². The van der Waals surface area contributed by atoms with Gasteiger partial charge in [0.25, 0.3) is 0 Å². The molecule has 0 unspecified atom stereocenters. The molecule has 44 heavy (non-hydrogen) atoms. The van der Waals surface area contributed by atoms with Gasteiger partial charge in [0.15, 0.2) is 0 Å². The summed E-state index contributed by atoms with van der Waals surface area (Å²) in [5, 5.41) is 10.2. The van der Waals surface area contributed by atoms with Crippen LogP contribution in [0.5, 0.6) is 0 Å². The first-order chi connectivity index (χ1) is 21.9. The Kier molecular flexibility index (Phi) is 5.75. The third kappa shape index (κ3) is 3.78. The summed E-state index contributed by atoms with van der Waals surface area (Å²) in [6, 6.07) is 59.6. The zero-order valence-corrected chi connectivity index (χ0v) is 24.8. The summed E-state index contributed by atoms with van der Waals surface area (Å²) in [4.78, 5) is 2.47. The van der Waals surface area contributed by atoms with Crippen LogP contribution in [0, 0.1) is 0 Å². The first-order valence-electron chi connectivity index (χ1n) is 15.0. The highest BCUT2D eigenvalue weighted by Crippen LogP contribution is 2.54. The van der Waals surface area contributed by atoms with Crippen molar-refractivity contribution in [2.45, 2.75) is 0 Å². The van der Waals surface area contributed by atoms with E-state index < -0.39 is 0 Å². The van der Waals surface area contributed by atoms with Crippen molar-refractivity contribution in [1.29, 1.82) is 0 Å². The molecule has 0 N–H and O–H groups in total. The molecular formula is C42H27NS. The van der Waals surface area contributed by atoms with Crippen LogP contribution in [-0.4, -0.2) is 0 Å². The summed E-state index contributed by atoms with van der Waals surface area (Å²) in [5.41, 5.74) is 5.99. The number of nitrogens with zero attached hydrogens (tertiary/aromatic N) is 1. The van der Waals surface area contributed by atoms with Crippen LogP contribution in [0.25, 0.3) is 63.6 Å². The predicted octanol–water partition coefficient (Wildman–Crippen LogP) is 12.7. The molecule has 0 saturated heterocycles. The molecule has 0 atom stereocenters. The average molecular weight is 578 g/mol. The Bertz CT molecular complexity index is 2450. The third-order valence-electron chi connectivity index (χ3n) is 8.80. The highest BCUT2D eigenvalue weighted by atomic mass is 32.1. The Morgan fingerprint density at radius 2 is 0.932 bits per heavy atom. The van der Waals surface area contributed by atoms with E-state index in [0.29, 0.717) is 0 Å². The van der Waals surface area contributed by atoms with Gasteiger partial charge in [0, 0.05) is 47.9 Å². The van der Waals surface area contributed by atoms with Crippen molar-refractivity contribution < 1.29 is 0 Å². The van der Waals surface area contributed by atoms with E-state index in [1.807, 2.05) is 11.3 Å². The minimum Gasteiger partial charge on any atom is -0.309 e. The molecule has 9 rings (SSSR count). The number of para-hydroxylation sites is 2. The molecule has 1 aromatic heterocycles. The van der Waals surface area contributed by atoms with Crippen LogP contribution in [0.15, 0.2) is 164 Å². The number of anilines is 3. The molecule has 0 spiro atoms. The van der Waals surface area contributed by atoms with Gasteiger partial charge < -0.3 is 4.90 Å². The molecule has 0 aliphatic carbocycles. The molecule has 1 heterocycles. The van der Waals surface area contributed by atoms with Gasteiger partial charge in [-0.25, -0.2) is 0 Å². The van der Waals surface area contributed by atoms with E-state index >= 15 is 0 Å². The van der Waals surface area contributed by atoms with Crippen molar-refractivity contribution in [3.8, 4) is 11.1 Å². The van der Waals surface area contributed by atoms with Crippen molar-refractivity contribution in [2.24, 2.45) is 0 Å². The molecule has 0 amide bonds. The molecule has 2 heteroatoms. The normalized spacial score (nSPS) is 11.6. The van der Waals surface area contributed by atoms with Crippen molar-refractivity contribution in [3.63, 3.8) is 0 Å². The Morgan fingerprint density at radius 3 is 1.64 bits per heavy atom. The van der Waals surface area contributed by atoms with Crippen molar-refractivity contribution in [2.75, 3.05) is 4.90 Å². The lowest BCUT2D eigenvalue weighted by atomic mass is 9.87. The fraction of sp³-hybridized carbons (Fsp3) is 0. The molecule has 0 aliphatic heterocycles. The number of thiophene rings is 1. The van der Waals surface area contributed by atoms with Gasteiger partial charge in [-0.05, 0) is 63.5 Å². The molecule has 0 fully saturated rings. The molecular weight excluding hydrogens is 551 g/mol. The van der Waals surface area contributed by atoms with Crippen molar-refractivity contribution >= 4 is 80.9 Å². The second kappa shape index (κ2) is 10.1. The van der Waals surface area contributed by atoms with E-state index in [2.05, 4.69) is 169 Å². The van der Waals surface area contributed by atoms with Crippen LogP contribution >= 0.6 is 11.3 Å². The largest absolute Gasteiger partial charge is 0.309 e. The quantitative estimate of drug-likeness (QED) is 0.188. The minimum absolute atomic E-state index is 1.13. The van der Waals surface area contributed by atoms with E-state index in [1.165, 1.54) is 69.3 Å². The number of rotatable bonds is 4. The topological polar surface area (TPSA) is 3.24 Å². The Balaban J connectivity index is 1.57. The maximum Gasteiger partial charge on any atom is 0.0625 e. The Morgan fingerprint density at radius 1 is 0.409 bits per heavy atom. The fourth-order valence-corrected chi connectivity index (χ4v) is 8.19. The molecule has 9 aromatic rings. The van der Waals surface area contributed by atoms with Crippen LogP contribution in [0.3, 0.4) is 0 Å². The van der Waals surface area contributed by atoms with E-state index in [9.17, 15) is 0 Å². The van der Waals surface area contributed by atoms with Gasteiger partial charge in [-0.3, -0.25) is 0 Å². The summed E-state index contributed by atoms with van der Waals surface area (Å²) in [6.45, 7) is 0. The Hall–Kier alpha value is -5.44. The van der Waals surface area contributed by atoms with Crippen LogP contribution in [0.4, 0.5) is 17.1 Å². The zero-order valence-electron chi connectivity index (χ0n) is 23.9. The fourth-order valence-electron chi connectivity index (χ4n) is 6.94. The molecule has 0 saturated carbocycles. The number of hydrogen-bond donors (Lipinski definition) is 0. The van der Waals surface area contributed by atoms with Gasteiger partial charge >= 0.3 is 0 Å². The predicted molar refractivity (Wildman–Crippen MR) is 192 cm³/mol. The van der Waals surface area contributed by atoms with Gasteiger partial charge in [0.05, 0.1) is 5.69 Å². The smallest absolute Gasteiger partial charge is 0.0625 e. The maximum atomic E-state index is 2.47. The van der Waals surface area contributed by atoms with Crippen LogP contribution in [0.1, 0.15) is 0 Å². The zero-order chi connectivity index (χ0) is 29.0. The molecule has 8 aromatic carbocycles. The third-order valence-corrected chi connectivity index (χ3v) is 10.0. The lowest BCUT2D eigenvalue weighted by molar-refractivity contribution is 1.30. The lowest BCUT2D eigenvalue weighted by Gasteiger charge is -2.30. The van der Waals surface area contributed by atoms with E-state index in [0.717, 1.165) is 11.4 Å². The second-order valence-corrected chi connectivity index (χ2v) is 12.3. The van der Waals surface area contributed by atoms with Crippen molar-refractivity contribution in [3.05, 3.63) is 164 Å². The maximum absolute atomic E-state index is 2.47. The standard InChI is InChI=1S/C42H27NS/c1-3-16-29(17-4-1)43(30-18-5-2-6-19-30)41-34-23-11-12-24-35(34)42-40(36-25-13-14-26-38(36)44-42)39(41)37-27-28-15-7-8-20-31(28)32-21-9-10-22-33(32)37/h1-27H. The number of fused-ring (bicyclic) bond motifs is 8. The summed E-state index contributed by atoms with van der Waals surface area (Å²) in [5.74, 6) is 0. The summed E-state index contributed by atoms with van der Waals surface area (Å²) < 4.78 is 2.64. The monoisotopic (exact) mass is 577 g/mol. The van der Waals surface area contributed by atoms with E-state index in [1.54, 1.807) is 0 Å². The average Bonchev–Trinajstić information content (AvgIpc) is 3.49. The first kappa shape index (κ1) is 25.1. The molecule has 0 bridgehead atoms. The molecule has 0 aliphatic rings. The van der Waals surface area contributed by atoms with Gasteiger partial charge in [0.2, 0.25) is 0 Å². The lowest BCUT2D eigenvalue weighted by Crippen LogP contribution is -2.12. The van der Waals surface area contributed by atoms with Crippen LogP contribution in [0.2, 0.25) is 0 Å². The summed E-state index contributed by atoms with van der Waals surface area (Å²) in [7, 11) is 0. The van der Waals surface area contributed by atoms with E-state index in [-0.39, 0.29) is 0 Å². The number of benzene rings is 8. The van der Waals surface area contributed by atoms with Crippen LogP contribution < -0.4 is 4.90 Å². The Labute approximate surface area is 259 Å². The van der Waals surface area contributed by atoms with Gasteiger partial charge in [-0.15, -0.1) is 11.3 Å². The molecule has 1 nitrogen and oxygen atoms in total. The summed E-state index contributed by atoms with van der Waals surface area (Å²) in [6.07, 6.45) is 0. The first-order valence-corrected chi connectivity index (χ1v) is 15.9. The molecule has 206 valence electrons. The SMILES string of the molecule is c1ccc(N(c2ccccc2)c2c(-c3cc4ccccc4c4ccccc34)c3c4ccccc4sc3c3ccccc23)cc1. The van der Waals surface area contributed by atoms with Crippen LogP contribution in [-0.2, 0) is 0 Å². The molecule has 0 radical (unpaired) electrons. The minimum atomic E-state index is 1.13. The van der Waals surface area contributed by atoms with Gasteiger partial charge in [0.1, 0.15) is 0 Å².